The first-order chi connectivity index (χ1) is 9.90. The zero-order valence-corrected chi connectivity index (χ0v) is 13.4. The zero-order valence-electron chi connectivity index (χ0n) is 13.4. The molecule has 0 spiro atoms. The topological polar surface area (TPSA) is 78.9 Å². The predicted octanol–water partition coefficient (Wildman–Crippen LogP) is 2.23. The minimum absolute atomic E-state index is 0.00501. The van der Waals surface area contributed by atoms with Crippen molar-refractivity contribution in [1.82, 2.24) is 10.2 Å². The molecular weight excluding hydrogens is 272 g/mol. The highest BCUT2D eigenvalue weighted by molar-refractivity contribution is 5.77. The van der Waals surface area contributed by atoms with Crippen molar-refractivity contribution in [1.29, 1.82) is 0 Å². The Balaban J connectivity index is 2.75. The molecule has 0 atom stereocenters. The van der Waals surface area contributed by atoms with Crippen LogP contribution >= 0.6 is 0 Å². The van der Waals surface area contributed by atoms with E-state index in [2.05, 4.69) is 5.32 Å². The number of rotatable bonds is 7. The summed E-state index contributed by atoms with van der Waals surface area (Å²) in [7, 11) is 1.60. The molecule has 2 amide bonds. The lowest BCUT2D eigenvalue weighted by atomic mass is 9.79. The molecule has 1 fully saturated rings. The van der Waals surface area contributed by atoms with Crippen molar-refractivity contribution in [3.63, 3.8) is 0 Å². The number of nitrogens with zero attached hydrogens (tertiary/aromatic N) is 1. The molecule has 1 rings (SSSR count). The molecule has 0 aliphatic heterocycles. The third-order valence-electron chi connectivity index (χ3n) is 4.09. The maximum Gasteiger partial charge on any atom is 0.318 e. The fourth-order valence-corrected chi connectivity index (χ4v) is 2.95. The number of amides is 2. The van der Waals surface area contributed by atoms with Crippen molar-refractivity contribution < 1.29 is 19.4 Å². The van der Waals surface area contributed by atoms with Gasteiger partial charge in [0.1, 0.15) is 0 Å². The summed E-state index contributed by atoms with van der Waals surface area (Å²) in [6.07, 6.45) is 4.51. The molecule has 0 aromatic carbocycles. The maximum absolute atomic E-state index is 12.5. The van der Waals surface area contributed by atoms with E-state index < -0.39 is 11.5 Å². The van der Waals surface area contributed by atoms with Gasteiger partial charge < -0.3 is 20.1 Å². The highest BCUT2D eigenvalue weighted by Gasteiger charge is 2.37. The Hall–Kier alpha value is -1.30. The fourth-order valence-electron chi connectivity index (χ4n) is 2.95. The summed E-state index contributed by atoms with van der Waals surface area (Å²) in [5.41, 5.74) is -0.596. The van der Waals surface area contributed by atoms with E-state index >= 15 is 0 Å². The van der Waals surface area contributed by atoms with Crippen LogP contribution in [0.4, 0.5) is 4.79 Å². The summed E-state index contributed by atoms with van der Waals surface area (Å²) in [6, 6.07) is -0.143. The second-order valence-electron chi connectivity index (χ2n) is 6.12. The van der Waals surface area contributed by atoms with Crippen LogP contribution in [0.2, 0.25) is 0 Å². The number of urea groups is 1. The van der Waals surface area contributed by atoms with Gasteiger partial charge in [-0.25, -0.2) is 4.79 Å². The number of carboxylic acids is 1. The number of ether oxygens (including phenoxy) is 1. The number of methoxy groups -OCH3 is 1. The lowest BCUT2D eigenvalue weighted by Crippen LogP contribution is -2.56. The summed E-state index contributed by atoms with van der Waals surface area (Å²) in [6.45, 7) is 4.86. The molecular formula is C15H28N2O4. The Morgan fingerprint density at radius 2 is 1.90 bits per heavy atom. The lowest BCUT2D eigenvalue weighted by Gasteiger charge is -2.39. The summed E-state index contributed by atoms with van der Waals surface area (Å²) in [5.74, 6) is -0.856. The normalized spacial score (nSPS) is 17.5. The number of hydrogen-bond acceptors (Lipinski definition) is 3. The molecule has 2 N–H and O–H groups in total. The maximum atomic E-state index is 12.5. The second kappa shape index (κ2) is 8.22. The molecule has 1 aliphatic rings. The molecule has 0 saturated heterocycles. The van der Waals surface area contributed by atoms with Gasteiger partial charge in [-0.15, -0.1) is 0 Å². The number of carbonyl (C=O) groups is 2. The third-order valence-corrected chi connectivity index (χ3v) is 4.09. The highest BCUT2D eigenvalue weighted by atomic mass is 16.5. The number of carboxylic acid groups (broad SMARTS) is 1. The standard InChI is InChI=1S/C15H28N2O4/c1-12(2)17(9-10-21-3)14(20)16-15(11-13(18)19)7-5-4-6-8-15/h12H,4-11H2,1-3H3,(H,16,20)(H,18,19). The first-order valence-corrected chi connectivity index (χ1v) is 7.70. The summed E-state index contributed by atoms with van der Waals surface area (Å²) >= 11 is 0. The molecule has 21 heavy (non-hydrogen) atoms. The highest BCUT2D eigenvalue weighted by Crippen LogP contribution is 2.31. The lowest BCUT2D eigenvalue weighted by molar-refractivity contribution is -0.139. The zero-order chi connectivity index (χ0) is 15.9. The average molecular weight is 300 g/mol. The smallest absolute Gasteiger partial charge is 0.318 e. The Labute approximate surface area is 126 Å². The molecule has 0 aromatic heterocycles. The van der Waals surface area contributed by atoms with Crippen molar-refractivity contribution in [3.05, 3.63) is 0 Å². The predicted molar refractivity (Wildman–Crippen MR) is 80.3 cm³/mol. The van der Waals surface area contributed by atoms with Crippen LogP contribution in [0.15, 0.2) is 0 Å². The van der Waals surface area contributed by atoms with Gasteiger partial charge in [-0.05, 0) is 26.7 Å². The third kappa shape index (κ3) is 5.53. The van der Waals surface area contributed by atoms with Gasteiger partial charge in [-0.3, -0.25) is 4.79 Å². The minimum atomic E-state index is -0.856. The minimum Gasteiger partial charge on any atom is -0.481 e. The van der Waals surface area contributed by atoms with Crippen LogP contribution in [0.25, 0.3) is 0 Å². The number of nitrogens with one attached hydrogen (secondary N) is 1. The van der Waals surface area contributed by atoms with Crippen molar-refractivity contribution in [2.24, 2.45) is 0 Å². The molecule has 0 aromatic rings. The summed E-state index contributed by atoms with van der Waals surface area (Å²) in [4.78, 5) is 25.4. The number of aliphatic carboxylic acids is 1. The number of carbonyl (C=O) groups excluding carboxylic acids is 1. The fraction of sp³-hybridized carbons (Fsp3) is 0.867. The van der Waals surface area contributed by atoms with Gasteiger partial charge in [0.05, 0.1) is 18.6 Å². The van der Waals surface area contributed by atoms with Gasteiger partial charge in [0.2, 0.25) is 0 Å². The quantitative estimate of drug-likeness (QED) is 0.755. The second-order valence-corrected chi connectivity index (χ2v) is 6.12. The van der Waals surface area contributed by atoms with E-state index in [9.17, 15) is 9.59 Å². The largest absolute Gasteiger partial charge is 0.481 e. The van der Waals surface area contributed by atoms with E-state index in [1.54, 1.807) is 12.0 Å². The van der Waals surface area contributed by atoms with Crippen LogP contribution in [0, 0.1) is 0 Å². The summed E-state index contributed by atoms with van der Waals surface area (Å²) < 4.78 is 5.04. The van der Waals surface area contributed by atoms with Gasteiger partial charge in [0.25, 0.3) is 0 Å². The van der Waals surface area contributed by atoms with Crippen LogP contribution in [-0.4, -0.2) is 53.8 Å². The van der Waals surface area contributed by atoms with E-state index in [1.807, 2.05) is 13.8 Å². The molecule has 6 heteroatoms. The van der Waals surface area contributed by atoms with Gasteiger partial charge >= 0.3 is 12.0 Å². The van der Waals surface area contributed by atoms with E-state index in [-0.39, 0.29) is 18.5 Å². The first kappa shape index (κ1) is 17.8. The SMILES string of the molecule is COCCN(C(=O)NC1(CC(=O)O)CCCCC1)C(C)C. The molecule has 0 heterocycles. The molecule has 0 unspecified atom stereocenters. The number of hydrogen-bond donors (Lipinski definition) is 2. The van der Waals surface area contributed by atoms with E-state index in [0.717, 1.165) is 32.1 Å². The van der Waals surface area contributed by atoms with Crippen molar-refractivity contribution in [2.45, 2.75) is 64.0 Å². The van der Waals surface area contributed by atoms with Crippen LogP contribution in [-0.2, 0) is 9.53 Å². The van der Waals surface area contributed by atoms with Crippen molar-refractivity contribution in [3.8, 4) is 0 Å². The molecule has 122 valence electrons. The Bertz CT molecular complexity index is 352. The van der Waals surface area contributed by atoms with Crippen LogP contribution in [0.3, 0.4) is 0 Å². The van der Waals surface area contributed by atoms with E-state index in [1.165, 1.54) is 0 Å². The van der Waals surface area contributed by atoms with Crippen LogP contribution < -0.4 is 5.32 Å². The molecule has 0 radical (unpaired) electrons. The van der Waals surface area contributed by atoms with E-state index in [4.69, 9.17) is 9.84 Å². The van der Waals surface area contributed by atoms with Crippen LogP contribution in [0.5, 0.6) is 0 Å². The van der Waals surface area contributed by atoms with Crippen molar-refractivity contribution >= 4 is 12.0 Å². The van der Waals surface area contributed by atoms with Gasteiger partial charge in [-0.1, -0.05) is 19.3 Å². The molecule has 1 saturated carbocycles. The van der Waals surface area contributed by atoms with Crippen LogP contribution in [0.1, 0.15) is 52.4 Å². The summed E-state index contributed by atoms with van der Waals surface area (Å²) in [5, 5.41) is 12.2. The average Bonchev–Trinajstić information content (AvgIpc) is 2.38. The first-order valence-electron chi connectivity index (χ1n) is 7.70. The molecule has 0 bridgehead atoms. The monoisotopic (exact) mass is 300 g/mol. The van der Waals surface area contributed by atoms with Gasteiger partial charge in [0, 0.05) is 19.7 Å². The van der Waals surface area contributed by atoms with Gasteiger partial charge in [0.15, 0.2) is 0 Å². The van der Waals surface area contributed by atoms with E-state index in [0.29, 0.717) is 13.2 Å². The molecule has 1 aliphatic carbocycles. The molecule has 6 nitrogen and oxygen atoms in total. The Kier molecular flexibility index (Phi) is 6.95. The Morgan fingerprint density at radius 3 is 2.38 bits per heavy atom. The Morgan fingerprint density at radius 1 is 1.29 bits per heavy atom. The van der Waals surface area contributed by atoms with Gasteiger partial charge in [-0.2, -0.15) is 0 Å². The van der Waals surface area contributed by atoms with Crippen molar-refractivity contribution in [2.75, 3.05) is 20.3 Å².